The summed E-state index contributed by atoms with van der Waals surface area (Å²) < 4.78 is 31.1. The van der Waals surface area contributed by atoms with Crippen LogP contribution in [0.5, 0.6) is 5.75 Å². The van der Waals surface area contributed by atoms with Gasteiger partial charge in [-0.05, 0) is 49.6 Å². The van der Waals surface area contributed by atoms with E-state index < -0.39 is 9.84 Å². The number of nitrogens with one attached hydrogen (secondary N) is 1. The Bertz CT molecular complexity index is 1430. The normalized spacial score (nSPS) is 11.4. The Balaban J connectivity index is 1.31. The van der Waals surface area contributed by atoms with Gasteiger partial charge in [-0.25, -0.2) is 8.42 Å². The minimum atomic E-state index is -3.43. The second kappa shape index (κ2) is 11.2. The van der Waals surface area contributed by atoms with Crippen LogP contribution in [0.4, 0.5) is 0 Å². The molecule has 0 unspecified atom stereocenters. The summed E-state index contributed by atoms with van der Waals surface area (Å²) in [6.45, 7) is 2.24. The lowest BCUT2D eigenvalue weighted by Crippen LogP contribution is -2.24. The highest BCUT2D eigenvalue weighted by molar-refractivity contribution is 7.91. The van der Waals surface area contributed by atoms with Crippen molar-refractivity contribution in [3.63, 3.8) is 0 Å². The van der Waals surface area contributed by atoms with Crippen molar-refractivity contribution in [2.75, 3.05) is 12.3 Å². The second-order valence-electron chi connectivity index (χ2n) is 8.51. The molecule has 0 bridgehead atoms. The number of nitrogens with zero attached hydrogens (tertiary/aromatic N) is 1. The smallest absolute Gasteiger partial charge is 0.255 e. The highest BCUT2D eigenvalue weighted by Gasteiger charge is 2.19. The first-order valence-corrected chi connectivity index (χ1v) is 13.4. The number of aromatic hydroxyl groups is 1. The molecular weight excluding hydrogens is 476 g/mol. The van der Waals surface area contributed by atoms with Gasteiger partial charge in [0.1, 0.15) is 17.2 Å². The molecule has 1 amide bonds. The van der Waals surface area contributed by atoms with E-state index in [0.717, 1.165) is 22.4 Å². The number of unbranched alkanes of at least 4 members (excludes halogenated alkanes) is 2. The molecule has 0 atom stereocenters. The molecule has 1 aromatic heterocycles. The van der Waals surface area contributed by atoms with Crippen molar-refractivity contribution in [2.24, 2.45) is 0 Å². The molecule has 0 aliphatic heterocycles. The lowest BCUT2D eigenvalue weighted by Gasteiger charge is -2.08. The van der Waals surface area contributed by atoms with E-state index in [1.807, 2.05) is 37.3 Å². The summed E-state index contributed by atoms with van der Waals surface area (Å²) in [5.41, 5.74) is 3.56. The molecule has 186 valence electrons. The first kappa shape index (κ1) is 25.2. The summed E-state index contributed by atoms with van der Waals surface area (Å²) in [4.78, 5) is 12.4. The summed E-state index contributed by atoms with van der Waals surface area (Å²) in [6, 6.07) is 22.9. The Morgan fingerprint density at radius 1 is 0.889 bits per heavy atom. The van der Waals surface area contributed by atoms with E-state index in [-0.39, 0.29) is 27.9 Å². The molecule has 2 N–H and O–H groups in total. The van der Waals surface area contributed by atoms with Crippen LogP contribution in [0.15, 0.2) is 88.3 Å². The third kappa shape index (κ3) is 5.83. The number of amides is 1. The number of aromatic nitrogens is 1. The van der Waals surface area contributed by atoms with Crippen LogP contribution in [0.25, 0.3) is 22.4 Å². The molecule has 4 aromatic rings. The minimum Gasteiger partial charge on any atom is -0.507 e. The Morgan fingerprint density at radius 3 is 2.31 bits per heavy atom. The van der Waals surface area contributed by atoms with Gasteiger partial charge in [-0.2, -0.15) is 0 Å². The number of hydrogen-bond acceptors (Lipinski definition) is 6. The van der Waals surface area contributed by atoms with Crippen LogP contribution in [0, 0.1) is 6.92 Å². The second-order valence-corrected chi connectivity index (χ2v) is 10.6. The van der Waals surface area contributed by atoms with Gasteiger partial charge in [0, 0.05) is 12.1 Å². The maximum absolute atomic E-state index is 12.8. The van der Waals surface area contributed by atoms with Gasteiger partial charge in [-0.1, -0.05) is 66.2 Å². The van der Waals surface area contributed by atoms with Gasteiger partial charge in [0.2, 0.25) is 0 Å². The Kier molecular flexibility index (Phi) is 7.85. The Hall–Kier alpha value is -3.91. The number of benzene rings is 3. The maximum Gasteiger partial charge on any atom is 0.255 e. The molecule has 0 radical (unpaired) electrons. The zero-order valence-electron chi connectivity index (χ0n) is 20.0. The van der Waals surface area contributed by atoms with Crippen molar-refractivity contribution in [1.29, 1.82) is 0 Å². The number of carbonyl (C=O) groups excluding carboxylic acids is 1. The molecule has 3 aromatic carbocycles. The zero-order chi connectivity index (χ0) is 25.5. The first-order chi connectivity index (χ1) is 17.4. The standard InChI is InChI=1S/C28H28N2O5S/c1-20-26(27(30-35-20)22-10-4-2-5-11-22)21-14-16-23(17-15-21)36(33,34)19-9-3-8-18-29-28(32)24-12-6-7-13-25(24)31/h2,4-7,10-17,31H,3,8-9,18-19H2,1H3,(H,29,32). The number of hydrogen-bond donors (Lipinski definition) is 2. The van der Waals surface area contributed by atoms with Crippen LogP contribution in [0.1, 0.15) is 35.4 Å². The molecule has 7 nitrogen and oxygen atoms in total. The van der Waals surface area contributed by atoms with E-state index in [4.69, 9.17) is 4.52 Å². The van der Waals surface area contributed by atoms with Gasteiger partial charge in [-0.3, -0.25) is 4.79 Å². The number of carbonyl (C=O) groups is 1. The molecule has 0 saturated carbocycles. The molecule has 4 rings (SSSR count). The van der Waals surface area contributed by atoms with E-state index in [9.17, 15) is 18.3 Å². The maximum atomic E-state index is 12.8. The molecule has 0 spiro atoms. The molecule has 0 aliphatic rings. The number of phenols is 1. The van der Waals surface area contributed by atoms with E-state index in [0.29, 0.717) is 31.6 Å². The quantitative estimate of drug-likeness (QED) is 0.280. The monoisotopic (exact) mass is 504 g/mol. The van der Waals surface area contributed by atoms with Crippen molar-refractivity contribution in [1.82, 2.24) is 10.5 Å². The average Bonchev–Trinajstić information content (AvgIpc) is 3.28. The van der Waals surface area contributed by atoms with Crippen molar-refractivity contribution in [3.8, 4) is 28.1 Å². The summed E-state index contributed by atoms with van der Waals surface area (Å²) >= 11 is 0. The van der Waals surface area contributed by atoms with Crippen LogP contribution in [0.2, 0.25) is 0 Å². The van der Waals surface area contributed by atoms with Gasteiger partial charge in [-0.15, -0.1) is 0 Å². The van der Waals surface area contributed by atoms with Crippen LogP contribution >= 0.6 is 0 Å². The van der Waals surface area contributed by atoms with Crippen molar-refractivity contribution in [3.05, 3.63) is 90.2 Å². The predicted octanol–water partition coefficient (Wildman–Crippen LogP) is 5.40. The summed E-state index contributed by atoms with van der Waals surface area (Å²) in [5.74, 6) is 0.280. The molecule has 8 heteroatoms. The van der Waals surface area contributed by atoms with E-state index in [2.05, 4.69) is 10.5 Å². The fourth-order valence-electron chi connectivity index (χ4n) is 4.01. The molecule has 1 heterocycles. The van der Waals surface area contributed by atoms with Crippen molar-refractivity contribution >= 4 is 15.7 Å². The number of rotatable bonds is 10. The van der Waals surface area contributed by atoms with Gasteiger partial charge < -0.3 is 14.9 Å². The van der Waals surface area contributed by atoms with Gasteiger partial charge >= 0.3 is 0 Å². The Morgan fingerprint density at radius 2 is 1.58 bits per heavy atom. The number of para-hydroxylation sites is 1. The highest BCUT2D eigenvalue weighted by atomic mass is 32.2. The number of phenolic OH excluding ortho intramolecular Hbond substituents is 1. The lowest BCUT2D eigenvalue weighted by atomic mass is 10.00. The topological polar surface area (TPSA) is 110 Å². The van der Waals surface area contributed by atoms with E-state index in [1.165, 1.54) is 6.07 Å². The molecule has 36 heavy (non-hydrogen) atoms. The highest BCUT2D eigenvalue weighted by Crippen LogP contribution is 2.34. The first-order valence-electron chi connectivity index (χ1n) is 11.8. The zero-order valence-corrected chi connectivity index (χ0v) is 20.8. The van der Waals surface area contributed by atoms with Crippen LogP contribution in [0.3, 0.4) is 0 Å². The van der Waals surface area contributed by atoms with Crippen LogP contribution in [-0.2, 0) is 9.84 Å². The lowest BCUT2D eigenvalue weighted by molar-refractivity contribution is 0.0950. The minimum absolute atomic E-state index is 0.0291. The fraction of sp³-hybridized carbons (Fsp3) is 0.214. The predicted molar refractivity (Wildman–Crippen MR) is 138 cm³/mol. The average molecular weight is 505 g/mol. The molecule has 0 saturated heterocycles. The van der Waals surface area contributed by atoms with Gasteiger partial charge in [0.15, 0.2) is 9.84 Å². The third-order valence-corrected chi connectivity index (χ3v) is 7.75. The largest absolute Gasteiger partial charge is 0.507 e. The Labute approximate surface area is 210 Å². The molecule has 0 fully saturated rings. The fourth-order valence-corrected chi connectivity index (χ4v) is 5.38. The molecular formula is C28H28N2O5S. The third-order valence-electron chi connectivity index (χ3n) is 5.94. The van der Waals surface area contributed by atoms with Crippen LogP contribution < -0.4 is 5.32 Å². The van der Waals surface area contributed by atoms with Gasteiger partial charge in [0.05, 0.1) is 21.8 Å². The van der Waals surface area contributed by atoms with E-state index >= 15 is 0 Å². The number of sulfone groups is 1. The molecule has 0 aliphatic carbocycles. The SMILES string of the molecule is Cc1onc(-c2ccccc2)c1-c1ccc(S(=O)(=O)CCCCCNC(=O)c2ccccc2O)cc1. The van der Waals surface area contributed by atoms with E-state index in [1.54, 1.807) is 42.5 Å². The van der Waals surface area contributed by atoms with Crippen LogP contribution in [-0.4, -0.2) is 36.9 Å². The number of aryl methyl sites for hydroxylation is 1. The van der Waals surface area contributed by atoms with Crippen molar-refractivity contribution < 1.29 is 22.8 Å². The summed E-state index contributed by atoms with van der Waals surface area (Å²) in [6.07, 6.45) is 1.78. The van der Waals surface area contributed by atoms with Gasteiger partial charge in [0.25, 0.3) is 5.91 Å². The van der Waals surface area contributed by atoms with Crippen molar-refractivity contribution in [2.45, 2.75) is 31.1 Å². The summed E-state index contributed by atoms with van der Waals surface area (Å²) in [5, 5.41) is 16.7. The summed E-state index contributed by atoms with van der Waals surface area (Å²) in [7, 11) is -3.43.